The third kappa shape index (κ3) is 3.43. The fraction of sp³-hybridized carbons (Fsp3) is 0.0714. The normalized spacial score (nSPS) is 10.2. The second-order valence-electron chi connectivity index (χ2n) is 4.34. The Kier molecular flexibility index (Phi) is 4.32. The number of hydrogen-bond acceptors (Lipinski definition) is 3. The summed E-state index contributed by atoms with van der Waals surface area (Å²) in [5, 5.41) is 13.3. The molecular weight excluding hydrogens is 343 g/mol. The molecule has 0 aliphatic heterocycles. The highest BCUT2D eigenvalue weighted by atomic mass is 79.9. The van der Waals surface area contributed by atoms with Gasteiger partial charge in [0, 0.05) is 22.9 Å². The van der Waals surface area contributed by atoms with E-state index in [1.54, 1.807) is 6.92 Å². The van der Waals surface area contributed by atoms with Gasteiger partial charge in [-0.05, 0) is 53.2 Å². The van der Waals surface area contributed by atoms with Crippen molar-refractivity contribution in [3.05, 3.63) is 67.9 Å². The fourth-order valence-electron chi connectivity index (χ4n) is 1.78. The lowest BCUT2D eigenvalue weighted by atomic mass is 10.1. The molecule has 0 atom stereocenters. The van der Waals surface area contributed by atoms with Crippen molar-refractivity contribution in [2.45, 2.75) is 6.92 Å². The Labute approximate surface area is 128 Å². The molecule has 0 aliphatic rings. The second kappa shape index (κ2) is 6.01. The summed E-state index contributed by atoms with van der Waals surface area (Å²) in [6.07, 6.45) is 0. The first-order valence-electron chi connectivity index (χ1n) is 5.90. The number of nitrogens with zero attached hydrogens (tertiary/aromatic N) is 1. The number of amides is 1. The predicted octanol–water partition coefficient (Wildman–Crippen LogP) is 4.06. The molecule has 0 saturated heterocycles. The molecule has 2 aromatic rings. The van der Waals surface area contributed by atoms with Crippen molar-refractivity contribution in [2.24, 2.45) is 0 Å². The molecule has 7 heteroatoms. The molecule has 2 aromatic carbocycles. The Hall–Kier alpha value is -2.28. The lowest BCUT2D eigenvalue weighted by Gasteiger charge is -2.07. The van der Waals surface area contributed by atoms with Crippen LogP contribution in [0.4, 0.5) is 15.8 Å². The second-order valence-corrected chi connectivity index (χ2v) is 5.20. The SMILES string of the molecule is Cc1cc(NC(=O)c2ccc(F)c(Br)c2)ccc1[N+](=O)[O-]. The first-order valence-corrected chi connectivity index (χ1v) is 6.69. The Bertz CT molecular complexity index is 734. The third-order valence-corrected chi connectivity index (χ3v) is 3.44. The summed E-state index contributed by atoms with van der Waals surface area (Å²) in [4.78, 5) is 22.3. The van der Waals surface area contributed by atoms with Gasteiger partial charge in [-0.15, -0.1) is 0 Å². The monoisotopic (exact) mass is 352 g/mol. The van der Waals surface area contributed by atoms with Gasteiger partial charge in [-0.3, -0.25) is 14.9 Å². The minimum absolute atomic E-state index is 0.0162. The summed E-state index contributed by atoms with van der Waals surface area (Å²) in [5.41, 5.74) is 1.14. The summed E-state index contributed by atoms with van der Waals surface area (Å²) in [5.74, 6) is -0.887. The minimum atomic E-state index is -0.488. The molecule has 0 heterocycles. The van der Waals surface area contributed by atoms with Crippen LogP contribution >= 0.6 is 15.9 Å². The average Bonchev–Trinajstić information content (AvgIpc) is 2.41. The zero-order chi connectivity index (χ0) is 15.6. The number of aryl methyl sites for hydroxylation is 1. The van der Waals surface area contributed by atoms with Gasteiger partial charge in [0.2, 0.25) is 0 Å². The quantitative estimate of drug-likeness (QED) is 0.668. The molecular formula is C14H10BrFN2O3. The van der Waals surface area contributed by atoms with Gasteiger partial charge in [0.25, 0.3) is 11.6 Å². The van der Waals surface area contributed by atoms with Crippen molar-refractivity contribution in [3.8, 4) is 0 Å². The summed E-state index contributed by atoms with van der Waals surface area (Å²) in [6, 6.07) is 8.18. The fourth-order valence-corrected chi connectivity index (χ4v) is 2.16. The van der Waals surface area contributed by atoms with E-state index in [0.717, 1.165) is 0 Å². The van der Waals surface area contributed by atoms with Crippen LogP contribution in [0.2, 0.25) is 0 Å². The predicted molar refractivity (Wildman–Crippen MR) is 79.9 cm³/mol. The molecule has 1 N–H and O–H groups in total. The van der Waals surface area contributed by atoms with Crippen molar-refractivity contribution < 1.29 is 14.1 Å². The topological polar surface area (TPSA) is 72.2 Å². The Morgan fingerprint density at radius 2 is 2.00 bits per heavy atom. The van der Waals surface area contributed by atoms with Crippen molar-refractivity contribution >= 4 is 33.2 Å². The molecule has 0 bridgehead atoms. The summed E-state index contributed by atoms with van der Waals surface area (Å²) >= 11 is 3.01. The lowest BCUT2D eigenvalue weighted by Crippen LogP contribution is -2.12. The minimum Gasteiger partial charge on any atom is -0.322 e. The molecule has 1 amide bonds. The maximum absolute atomic E-state index is 13.1. The van der Waals surface area contributed by atoms with E-state index in [2.05, 4.69) is 21.2 Å². The van der Waals surface area contributed by atoms with Crippen LogP contribution < -0.4 is 5.32 Å². The zero-order valence-corrected chi connectivity index (χ0v) is 12.5. The van der Waals surface area contributed by atoms with Crippen LogP contribution in [0.3, 0.4) is 0 Å². The Morgan fingerprint density at radius 3 is 2.57 bits per heavy atom. The summed E-state index contributed by atoms with van der Waals surface area (Å²) in [7, 11) is 0. The van der Waals surface area contributed by atoms with Gasteiger partial charge in [0.05, 0.1) is 9.40 Å². The van der Waals surface area contributed by atoms with E-state index in [1.807, 2.05) is 0 Å². The molecule has 108 valence electrons. The van der Waals surface area contributed by atoms with Crippen LogP contribution in [0, 0.1) is 22.9 Å². The maximum Gasteiger partial charge on any atom is 0.272 e. The number of hydrogen-bond donors (Lipinski definition) is 1. The van der Waals surface area contributed by atoms with Gasteiger partial charge < -0.3 is 5.32 Å². The molecule has 21 heavy (non-hydrogen) atoms. The van der Waals surface area contributed by atoms with Crippen LogP contribution in [0.5, 0.6) is 0 Å². The summed E-state index contributed by atoms with van der Waals surface area (Å²) < 4.78 is 13.3. The summed E-state index contributed by atoms with van der Waals surface area (Å²) in [6.45, 7) is 1.59. The Morgan fingerprint density at radius 1 is 1.29 bits per heavy atom. The van der Waals surface area contributed by atoms with E-state index in [-0.39, 0.29) is 15.7 Å². The van der Waals surface area contributed by atoms with Gasteiger partial charge >= 0.3 is 0 Å². The molecule has 0 fully saturated rings. The number of benzene rings is 2. The smallest absolute Gasteiger partial charge is 0.272 e. The molecule has 0 unspecified atom stereocenters. The number of halogens is 2. The van der Waals surface area contributed by atoms with Gasteiger partial charge in [0.1, 0.15) is 5.82 Å². The number of nitrogens with one attached hydrogen (secondary N) is 1. The molecule has 0 saturated carbocycles. The number of anilines is 1. The first-order chi connectivity index (χ1) is 9.88. The number of carbonyl (C=O) groups is 1. The van der Waals surface area contributed by atoms with Crippen LogP contribution in [-0.4, -0.2) is 10.8 Å². The van der Waals surface area contributed by atoms with Crippen LogP contribution in [0.15, 0.2) is 40.9 Å². The highest BCUT2D eigenvalue weighted by Gasteiger charge is 2.13. The van der Waals surface area contributed by atoms with Crippen LogP contribution in [0.1, 0.15) is 15.9 Å². The molecule has 0 aromatic heterocycles. The van der Waals surface area contributed by atoms with Crippen LogP contribution in [-0.2, 0) is 0 Å². The third-order valence-electron chi connectivity index (χ3n) is 2.83. The van der Waals surface area contributed by atoms with Crippen molar-refractivity contribution in [1.29, 1.82) is 0 Å². The van der Waals surface area contributed by atoms with Gasteiger partial charge in [0.15, 0.2) is 0 Å². The van der Waals surface area contributed by atoms with Crippen molar-refractivity contribution in [3.63, 3.8) is 0 Å². The largest absolute Gasteiger partial charge is 0.322 e. The van der Waals surface area contributed by atoms with Gasteiger partial charge in [-0.1, -0.05) is 0 Å². The van der Waals surface area contributed by atoms with Gasteiger partial charge in [-0.2, -0.15) is 0 Å². The lowest BCUT2D eigenvalue weighted by molar-refractivity contribution is -0.385. The van der Waals surface area contributed by atoms with E-state index in [9.17, 15) is 19.3 Å². The van der Waals surface area contributed by atoms with E-state index < -0.39 is 16.6 Å². The molecule has 0 aliphatic carbocycles. The van der Waals surface area contributed by atoms with Gasteiger partial charge in [-0.25, -0.2) is 4.39 Å². The molecule has 5 nitrogen and oxygen atoms in total. The number of nitro benzene ring substituents is 1. The first kappa shape index (κ1) is 15.1. The van der Waals surface area contributed by atoms with E-state index >= 15 is 0 Å². The number of nitro groups is 1. The Balaban J connectivity index is 2.21. The van der Waals surface area contributed by atoms with E-state index in [4.69, 9.17) is 0 Å². The highest BCUT2D eigenvalue weighted by molar-refractivity contribution is 9.10. The molecule has 0 radical (unpaired) electrons. The zero-order valence-electron chi connectivity index (χ0n) is 10.9. The number of rotatable bonds is 3. The molecule has 2 rings (SSSR count). The average molecular weight is 353 g/mol. The number of carbonyl (C=O) groups excluding carboxylic acids is 1. The highest BCUT2D eigenvalue weighted by Crippen LogP contribution is 2.22. The van der Waals surface area contributed by atoms with Crippen LogP contribution in [0.25, 0.3) is 0 Å². The maximum atomic E-state index is 13.1. The van der Waals surface area contributed by atoms with Crippen molar-refractivity contribution in [2.75, 3.05) is 5.32 Å². The van der Waals surface area contributed by atoms with E-state index in [1.165, 1.54) is 36.4 Å². The van der Waals surface area contributed by atoms with E-state index in [0.29, 0.717) is 11.3 Å². The molecule has 0 spiro atoms. The van der Waals surface area contributed by atoms with Crippen molar-refractivity contribution in [1.82, 2.24) is 0 Å². The standard InChI is InChI=1S/C14H10BrFN2O3/c1-8-6-10(3-5-13(8)18(20)21)17-14(19)9-2-4-12(16)11(15)7-9/h2-7H,1H3,(H,17,19).